The average Bonchev–Trinajstić information content (AvgIpc) is 2.12. The van der Waals surface area contributed by atoms with Crippen LogP contribution in [0.5, 0.6) is 0 Å². The lowest BCUT2D eigenvalue weighted by molar-refractivity contribution is -0.210. The highest BCUT2D eigenvalue weighted by Crippen LogP contribution is 2.21. The minimum atomic E-state index is -0.987. The molecule has 3 unspecified atom stereocenters. The summed E-state index contributed by atoms with van der Waals surface area (Å²) >= 11 is 0. The van der Waals surface area contributed by atoms with Crippen LogP contribution in [0, 0.1) is 0 Å². The molecule has 92 valence electrons. The Morgan fingerprint density at radius 1 is 1.31 bits per heavy atom. The van der Waals surface area contributed by atoms with Crippen molar-refractivity contribution >= 4 is 11.9 Å². The fourth-order valence-electron chi connectivity index (χ4n) is 1.60. The van der Waals surface area contributed by atoms with E-state index in [1.54, 1.807) is 0 Å². The molecule has 1 aliphatic rings. The highest BCUT2D eigenvalue weighted by Gasteiger charge is 2.30. The molecule has 6 heteroatoms. The molecule has 0 saturated carbocycles. The van der Waals surface area contributed by atoms with E-state index in [-0.39, 0.29) is 19.1 Å². The first-order chi connectivity index (χ1) is 7.47. The zero-order valence-corrected chi connectivity index (χ0v) is 9.34. The van der Waals surface area contributed by atoms with Gasteiger partial charge < -0.3 is 19.3 Å². The molecule has 0 aromatic carbocycles. The number of hydrogen-bond acceptors (Lipinski definition) is 6. The minimum absolute atomic E-state index is 0.0597. The summed E-state index contributed by atoms with van der Waals surface area (Å²) in [4.78, 5) is 21.4. The fourth-order valence-corrected chi connectivity index (χ4v) is 1.60. The molecule has 0 aromatic rings. The largest absolute Gasteiger partial charge is 0.463 e. The molecule has 0 amide bonds. The van der Waals surface area contributed by atoms with Crippen LogP contribution in [0.2, 0.25) is 0 Å². The Balaban J connectivity index is 2.40. The lowest BCUT2D eigenvalue weighted by Crippen LogP contribution is -2.40. The highest BCUT2D eigenvalue weighted by atomic mass is 16.6. The Kier molecular flexibility index (Phi) is 4.70. The van der Waals surface area contributed by atoms with E-state index >= 15 is 0 Å². The predicted octanol–water partition coefficient (Wildman–Crippen LogP) is -0.0214. The zero-order valence-electron chi connectivity index (χ0n) is 9.34. The SMILES string of the molecule is CC(=O)OCC1CC(OC(C)=O)CC(O)O1. The lowest BCUT2D eigenvalue weighted by Gasteiger charge is -2.31. The molecule has 0 aliphatic carbocycles. The van der Waals surface area contributed by atoms with Gasteiger partial charge in [0.15, 0.2) is 6.29 Å². The van der Waals surface area contributed by atoms with Crippen molar-refractivity contribution < 1.29 is 28.9 Å². The summed E-state index contributed by atoms with van der Waals surface area (Å²) in [7, 11) is 0. The van der Waals surface area contributed by atoms with Crippen LogP contribution in [-0.2, 0) is 23.8 Å². The van der Waals surface area contributed by atoms with Gasteiger partial charge in [0.25, 0.3) is 0 Å². The number of esters is 2. The lowest BCUT2D eigenvalue weighted by atomic mass is 10.1. The summed E-state index contributed by atoms with van der Waals surface area (Å²) in [6.45, 7) is 2.66. The summed E-state index contributed by atoms with van der Waals surface area (Å²) in [5.74, 6) is -0.807. The predicted molar refractivity (Wildman–Crippen MR) is 52.3 cm³/mol. The third kappa shape index (κ3) is 4.59. The van der Waals surface area contributed by atoms with Gasteiger partial charge in [-0.05, 0) is 0 Å². The molecule has 1 fully saturated rings. The van der Waals surface area contributed by atoms with Crippen LogP contribution >= 0.6 is 0 Å². The number of aliphatic hydroxyl groups excluding tert-OH is 1. The van der Waals surface area contributed by atoms with E-state index in [0.717, 1.165) is 0 Å². The molecule has 1 N–H and O–H groups in total. The van der Waals surface area contributed by atoms with E-state index in [9.17, 15) is 14.7 Å². The van der Waals surface area contributed by atoms with E-state index in [1.165, 1.54) is 13.8 Å². The van der Waals surface area contributed by atoms with Gasteiger partial charge >= 0.3 is 11.9 Å². The summed E-state index contributed by atoms with van der Waals surface area (Å²) in [6.07, 6.45) is -1.14. The maximum atomic E-state index is 10.8. The minimum Gasteiger partial charge on any atom is -0.463 e. The number of ether oxygens (including phenoxy) is 3. The van der Waals surface area contributed by atoms with Gasteiger partial charge in [-0.25, -0.2) is 0 Å². The molecular weight excluding hydrogens is 216 g/mol. The van der Waals surface area contributed by atoms with Crippen LogP contribution in [0.1, 0.15) is 26.7 Å². The molecule has 0 bridgehead atoms. The van der Waals surface area contributed by atoms with Crippen molar-refractivity contribution in [1.82, 2.24) is 0 Å². The van der Waals surface area contributed by atoms with Gasteiger partial charge in [0.1, 0.15) is 12.7 Å². The van der Waals surface area contributed by atoms with E-state index in [1.807, 2.05) is 0 Å². The van der Waals surface area contributed by atoms with E-state index in [4.69, 9.17) is 14.2 Å². The Morgan fingerprint density at radius 3 is 2.56 bits per heavy atom. The molecule has 1 heterocycles. The van der Waals surface area contributed by atoms with Gasteiger partial charge in [-0.1, -0.05) is 0 Å². The molecule has 0 spiro atoms. The Labute approximate surface area is 93.5 Å². The molecule has 6 nitrogen and oxygen atoms in total. The Bertz CT molecular complexity index is 264. The van der Waals surface area contributed by atoms with Crippen LogP contribution in [-0.4, -0.2) is 42.1 Å². The van der Waals surface area contributed by atoms with Gasteiger partial charge in [0.05, 0.1) is 6.10 Å². The molecule has 0 radical (unpaired) electrons. The van der Waals surface area contributed by atoms with Crippen molar-refractivity contribution in [2.24, 2.45) is 0 Å². The molecule has 0 aromatic heterocycles. The first-order valence-electron chi connectivity index (χ1n) is 5.11. The monoisotopic (exact) mass is 232 g/mol. The van der Waals surface area contributed by atoms with Gasteiger partial charge in [-0.15, -0.1) is 0 Å². The van der Waals surface area contributed by atoms with Crippen molar-refractivity contribution in [2.45, 2.75) is 45.2 Å². The number of carbonyl (C=O) groups excluding carboxylic acids is 2. The fraction of sp³-hybridized carbons (Fsp3) is 0.800. The molecular formula is C10H16O6. The quantitative estimate of drug-likeness (QED) is 0.688. The van der Waals surface area contributed by atoms with Crippen molar-refractivity contribution in [1.29, 1.82) is 0 Å². The smallest absolute Gasteiger partial charge is 0.302 e. The van der Waals surface area contributed by atoms with Gasteiger partial charge in [-0.2, -0.15) is 0 Å². The third-order valence-corrected chi connectivity index (χ3v) is 2.14. The van der Waals surface area contributed by atoms with Crippen molar-refractivity contribution in [3.8, 4) is 0 Å². The summed E-state index contributed by atoms with van der Waals surface area (Å²) in [5.41, 5.74) is 0. The molecule has 1 saturated heterocycles. The summed E-state index contributed by atoms with van der Waals surface area (Å²) in [6, 6.07) is 0. The summed E-state index contributed by atoms with van der Waals surface area (Å²) in [5, 5.41) is 9.37. The molecule has 3 atom stereocenters. The van der Waals surface area contributed by atoms with Crippen LogP contribution in [0.3, 0.4) is 0 Å². The van der Waals surface area contributed by atoms with Crippen LogP contribution in [0.4, 0.5) is 0 Å². The maximum absolute atomic E-state index is 10.8. The highest BCUT2D eigenvalue weighted by molar-refractivity contribution is 5.66. The number of carbonyl (C=O) groups is 2. The molecule has 1 rings (SSSR count). The van der Waals surface area contributed by atoms with Crippen molar-refractivity contribution in [3.05, 3.63) is 0 Å². The normalized spacial score (nSPS) is 29.6. The first-order valence-corrected chi connectivity index (χ1v) is 5.11. The third-order valence-electron chi connectivity index (χ3n) is 2.14. The van der Waals surface area contributed by atoms with Crippen molar-refractivity contribution in [2.75, 3.05) is 6.61 Å². The van der Waals surface area contributed by atoms with Gasteiger partial charge in [-0.3, -0.25) is 9.59 Å². The Morgan fingerprint density at radius 2 is 2.00 bits per heavy atom. The summed E-state index contributed by atoms with van der Waals surface area (Å²) < 4.78 is 14.9. The van der Waals surface area contributed by atoms with Crippen LogP contribution in [0.15, 0.2) is 0 Å². The standard InChI is InChI=1S/C10H16O6/c1-6(11)14-5-9-3-8(15-7(2)12)4-10(13)16-9/h8-10,13H,3-5H2,1-2H3. The number of hydrogen-bond donors (Lipinski definition) is 1. The first kappa shape index (κ1) is 12.9. The molecule has 16 heavy (non-hydrogen) atoms. The van der Waals surface area contributed by atoms with Gasteiger partial charge in [0, 0.05) is 26.7 Å². The second-order valence-corrected chi connectivity index (χ2v) is 3.72. The topological polar surface area (TPSA) is 82.1 Å². The number of aliphatic hydroxyl groups is 1. The van der Waals surface area contributed by atoms with E-state index < -0.39 is 24.3 Å². The van der Waals surface area contributed by atoms with Crippen molar-refractivity contribution in [3.63, 3.8) is 0 Å². The van der Waals surface area contributed by atoms with E-state index in [2.05, 4.69) is 0 Å². The second kappa shape index (κ2) is 5.81. The zero-order chi connectivity index (χ0) is 12.1. The maximum Gasteiger partial charge on any atom is 0.302 e. The van der Waals surface area contributed by atoms with E-state index in [0.29, 0.717) is 6.42 Å². The second-order valence-electron chi connectivity index (χ2n) is 3.72. The van der Waals surface area contributed by atoms with Gasteiger partial charge in [0.2, 0.25) is 0 Å². The number of rotatable bonds is 3. The molecule has 1 aliphatic heterocycles. The van der Waals surface area contributed by atoms with Crippen LogP contribution < -0.4 is 0 Å². The Hall–Kier alpha value is -1.14. The van der Waals surface area contributed by atoms with Crippen LogP contribution in [0.25, 0.3) is 0 Å². The average molecular weight is 232 g/mol.